The first-order valence-corrected chi connectivity index (χ1v) is 12.2. The van der Waals surface area contributed by atoms with Crippen LogP contribution in [0.4, 0.5) is 22.9 Å². The lowest BCUT2D eigenvalue weighted by molar-refractivity contribution is 0.0787. The number of aromatic nitrogens is 4. The summed E-state index contributed by atoms with van der Waals surface area (Å²) >= 11 is 0. The lowest BCUT2D eigenvalue weighted by Gasteiger charge is -2.22. The highest BCUT2D eigenvalue weighted by molar-refractivity contribution is 5.77. The first-order chi connectivity index (χ1) is 17.7. The van der Waals surface area contributed by atoms with Crippen LogP contribution in [-0.2, 0) is 4.74 Å². The van der Waals surface area contributed by atoms with Gasteiger partial charge in [-0.15, -0.1) is 0 Å². The summed E-state index contributed by atoms with van der Waals surface area (Å²) in [7, 11) is 1.70. The Bertz CT molecular complexity index is 1390. The van der Waals surface area contributed by atoms with E-state index in [-0.39, 0.29) is 6.10 Å². The van der Waals surface area contributed by atoms with E-state index in [0.29, 0.717) is 18.3 Å². The Morgan fingerprint density at radius 3 is 3.08 bits per heavy atom. The number of methoxy groups -OCH3 is 1. The number of pyridine rings is 1. The molecule has 3 aromatic heterocycles. The van der Waals surface area contributed by atoms with E-state index in [1.54, 1.807) is 19.5 Å². The minimum Gasteiger partial charge on any atom is -0.495 e. The van der Waals surface area contributed by atoms with Crippen LogP contribution in [0.5, 0.6) is 11.6 Å². The van der Waals surface area contributed by atoms with Crippen LogP contribution in [0, 0.1) is 0 Å². The maximum atomic E-state index is 5.81. The van der Waals surface area contributed by atoms with Crippen molar-refractivity contribution in [1.82, 2.24) is 19.4 Å². The molecule has 10 heteroatoms. The first-order valence-electron chi connectivity index (χ1n) is 12.2. The van der Waals surface area contributed by atoms with Crippen LogP contribution >= 0.6 is 0 Å². The molecule has 1 atom stereocenters. The standard InChI is InChI=1S/C26H29N7O3/c1-3-35-19-6-9-32(15-19)22-5-4-18(13-23(22)34-2)30-24-25-28-7-10-33(25)16-21(31-24)17-12-20-26(29-14-17)36-11-8-27-20/h4-5,7,10,12-14,16,19,27H,3,6,8-9,11,15H2,1-2H3,(H,30,31). The largest absolute Gasteiger partial charge is 0.495 e. The van der Waals surface area contributed by atoms with Gasteiger partial charge in [0.25, 0.3) is 0 Å². The van der Waals surface area contributed by atoms with Crippen molar-refractivity contribution in [3.05, 3.63) is 49.1 Å². The third kappa shape index (κ3) is 4.24. The molecule has 4 aromatic rings. The molecule has 0 aliphatic carbocycles. The third-order valence-corrected chi connectivity index (χ3v) is 6.51. The van der Waals surface area contributed by atoms with Gasteiger partial charge in [0.1, 0.15) is 12.4 Å². The summed E-state index contributed by atoms with van der Waals surface area (Å²) in [4.78, 5) is 16.2. The van der Waals surface area contributed by atoms with Gasteiger partial charge in [0, 0.05) is 68.3 Å². The SMILES string of the molecule is CCOC1CCN(c2ccc(Nc3nc(-c4cnc5c(c4)NCCO5)cn4ccnc34)cc2OC)C1. The van der Waals surface area contributed by atoms with Crippen molar-refractivity contribution in [3.8, 4) is 22.9 Å². The van der Waals surface area contributed by atoms with Gasteiger partial charge in [-0.1, -0.05) is 0 Å². The summed E-state index contributed by atoms with van der Waals surface area (Å²) in [6.07, 6.45) is 8.68. The molecule has 1 unspecified atom stereocenters. The number of rotatable bonds is 7. The lowest BCUT2D eigenvalue weighted by atomic mass is 10.2. The van der Waals surface area contributed by atoms with E-state index in [1.165, 1.54) is 0 Å². The van der Waals surface area contributed by atoms with Crippen LogP contribution in [0.15, 0.2) is 49.1 Å². The highest BCUT2D eigenvalue weighted by Gasteiger charge is 2.25. The van der Waals surface area contributed by atoms with E-state index in [0.717, 1.165) is 72.4 Å². The van der Waals surface area contributed by atoms with Gasteiger partial charge in [-0.05, 0) is 31.5 Å². The van der Waals surface area contributed by atoms with Crippen LogP contribution in [-0.4, -0.2) is 65.4 Å². The normalized spacial score (nSPS) is 16.9. The molecule has 6 rings (SSSR count). The summed E-state index contributed by atoms with van der Waals surface area (Å²) in [5.41, 5.74) is 5.18. The van der Waals surface area contributed by atoms with Gasteiger partial charge >= 0.3 is 0 Å². The molecule has 2 aliphatic rings. The van der Waals surface area contributed by atoms with Gasteiger partial charge in [0.15, 0.2) is 11.5 Å². The summed E-state index contributed by atoms with van der Waals surface area (Å²) in [6.45, 7) is 5.95. The molecule has 0 bridgehead atoms. The number of nitrogens with zero attached hydrogens (tertiary/aromatic N) is 5. The predicted molar refractivity (Wildman–Crippen MR) is 139 cm³/mol. The molecule has 5 heterocycles. The molecule has 0 radical (unpaired) electrons. The topological polar surface area (TPSA) is 98.1 Å². The highest BCUT2D eigenvalue weighted by Crippen LogP contribution is 2.36. The average molecular weight is 488 g/mol. The van der Waals surface area contributed by atoms with Gasteiger partial charge < -0.3 is 34.1 Å². The average Bonchev–Trinajstić information content (AvgIpc) is 3.58. The number of anilines is 4. The van der Waals surface area contributed by atoms with Crippen molar-refractivity contribution < 1.29 is 14.2 Å². The van der Waals surface area contributed by atoms with E-state index < -0.39 is 0 Å². The number of ether oxygens (including phenoxy) is 3. The zero-order valence-electron chi connectivity index (χ0n) is 20.4. The first kappa shape index (κ1) is 22.4. The van der Waals surface area contributed by atoms with Crippen molar-refractivity contribution in [3.63, 3.8) is 0 Å². The fourth-order valence-corrected chi connectivity index (χ4v) is 4.79. The number of hydrogen-bond donors (Lipinski definition) is 2. The number of nitrogens with one attached hydrogen (secondary N) is 2. The quantitative estimate of drug-likeness (QED) is 0.401. The maximum Gasteiger partial charge on any atom is 0.237 e. The molecule has 10 nitrogen and oxygen atoms in total. The van der Waals surface area contributed by atoms with E-state index in [9.17, 15) is 0 Å². The molecule has 0 amide bonds. The number of benzene rings is 1. The second-order valence-electron chi connectivity index (χ2n) is 8.81. The van der Waals surface area contributed by atoms with E-state index in [1.807, 2.05) is 41.9 Å². The van der Waals surface area contributed by atoms with E-state index in [2.05, 4.69) is 31.6 Å². The van der Waals surface area contributed by atoms with Gasteiger partial charge in [-0.2, -0.15) is 0 Å². The molecule has 0 spiro atoms. The molecule has 1 aromatic carbocycles. The molecule has 1 saturated heterocycles. The van der Waals surface area contributed by atoms with E-state index >= 15 is 0 Å². The molecule has 0 saturated carbocycles. The molecule has 2 N–H and O–H groups in total. The van der Waals surface area contributed by atoms with Gasteiger partial charge in [-0.3, -0.25) is 0 Å². The van der Waals surface area contributed by atoms with Crippen molar-refractivity contribution >= 4 is 28.5 Å². The predicted octanol–water partition coefficient (Wildman–Crippen LogP) is 3.96. The van der Waals surface area contributed by atoms with Gasteiger partial charge in [0.2, 0.25) is 5.88 Å². The van der Waals surface area contributed by atoms with Crippen molar-refractivity contribution in [2.45, 2.75) is 19.4 Å². The van der Waals surface area contributed by atoms with Gasteiger partial charge in [0.05, 0.1) is 30.3 Å². The molecule has 2 aliphatic heterocycles. The fraction of sp³-hybridized carbons (Fsp3) is 0.346. The summed E-state index contributed by atoms with van der Waals surface area (Å²) in [6, 6.07) is 8.14. The van der Waals surface area contributed by atoms with Crippen molar-refractivity contribution in [2.24, 2.45) is 0 Å². The Kier molecular flexibility index (Phi) is 5.94. The molecule has 186 valence electrons. The fourth-order valence-electron chi connectivity index (χ4n) is 4.79. The van der Waals surface area contributed by atoms with Crippen molar-refractivity contribution in [1.29, 1.82) is 0 Å². The maximum absolute atomic E-state index is 5.81. The van der Waals surface area contributed by atoms with Crippen LogP contribution < -0.4 is 25.0 Å². The van der Waals surface area contributed by atoms with Gasteiger partial charge in [-0.25, -0.2) is 15.0 Å². The van der Waals surface area contributed by atoms with Crippen LogP contribution in [0.3, 0.4) is 0 Å². The summed E-state index contributed by atoms with van der Waals surface area (Å²) in [5.74, 6) is 2.06. The number of fused-ring (bicyclic) bond motifs is 2. The molecular formula is C26H29N7O3. The summed E-state index contributed by atoms with van der Waals surface area (Å²) < 4.78 is 19.1. The van der Waals surface area contributed by atoms with E-state index in [4.69, 9.17) is 19.2 Å². The zero-order valence-corrected chi connectivity index (χ0v) is 20.4. The molecule has 36 heavy (non-hydrogen) atoms. The Morgan fingerprint density at radius 1 is 1.25 bits per heavy atom. The Labute approximate surface area is 209 Å². The zero-order chi connectivity index (χ0) is 24.5. The number of imidazole rings is 1. The monoisotopic (exact) mass is 487 g/mol. The van der Waals surface area contributed by atoms with Crippen molar-refractivity contribution in [2.75, 3.05) is 55.5 Å². The summed E-state index contributed by atoms with van der Waals surface area (Å²) in [5, 5.41) is 6.78. The second-order valence-corrected chi connectivity index (χ2v) is 8.81. The molecular weight excluding hydrogens is 458 g/mol. The minimum absolute atomic E-state index is 0.262. The van der Waals surface area contributed by atoms with Crippen LogP contribution in [0.2, 0.25) is 0 Å². The van der Waals surface area contributed by atoms with Crippen LogP contribution in [0.25, 0.3) is 16.9 Å². The third-order valence-electron chi connectivity index (χ3n) is 6.51. The minimum atomic E-state index is 0.262. The molecule has 1 fully saturated rings. The second kappa shape index (κ2) is 9.54. The Morgan fingerprint density at radius 2 is 2.19 bits per heavy atom. The number of hydrogen-bond acceptors (Lipinski definition) is 9. The lowest BCUT2D eigenvalue weighted by Crippen LogP contribution is -2.23. The Hall–Kier alpha value is -4.05. The Balaban J connectivity index is 1.30. The smallest absolute Gasteiger partial charge is 0.237 e. The highest BCUT2D eigenvalue weighted by atomic mass is 16.5. The van der Waals surface area contributed by atoms with Crippen LogP contribution in [0.1, 0.15) is 13.3 Å².